The van der Waals surface area contributed by atoms with Crippen molar-refractivity contribution in [3.63, 3.8) is 0 Å². The molecule has 22 heavy (non-hydrogen) atoms. The lowest BCUT2D eigenvalue weighted by Crippen LogP contribution is -2.46. The largest absolute Gasteiger partial charge is 0.359 e. The molecule has 6 heteroatoms. The number of likely N-dealkylation sites (tertiary alicyclic amines) is 1. The number of hydrogen-bond donors (Lipinski definition) is 2. The first kappa shape index (κ1) is 16.8. The fraction of sp³-hybridized carbons (Fsp3) is 0.625. The average molecular weight is 322 g/mol. The van der Waals surface area contributed by atoms with Gasteiger partial charge in [0, 0.05) is 38.0 Å². The van der Waals surface area contributed by atoms with Gasteiger partial charge in [-0.25, -0.2) is 4.99 Å². The average Bonchev–Trinajstić information content (AvgIpc) is 3.05. The maximum Gasteiger partial charge on any atom is 0.220 e. The van der Waals surface area contributed by atoms with E-state index in [1.165, 1.54) is 4.88 Å². The van der Waals surface area contributed by atoms with Gasteiger partial charge in [0.15, 0.2) is 5.96 Å². The minimum Gasteiger partial charge on any atom is -0.359 e. The number of nitrogens with one attached hydrogen (secondary N) is 2. The standard InChI is InChI=1S/C16H26N4OS/c1-3-18-16(19-12-14-5-4-10-22-14)20-8-6-13(7-9-20)11-15(21)17-2/h4-5,10,13H,3,6-9,11-12H2,1-2H3,(H,17,21)(H,18,19). The molecule has 2 N–H and O–H groups in total. The van der Waals surface area contributed by atoms with Crippen molar-refractivity contribution in [2.45, 2.75) is 32.7 Å². The number of rotatable bonds is 5. The molecule has 0 unspecified atom stereocenters. The predicted octanol–water partition coefficient (Wildman–Crippen LogP) is 2.06. The fourth-order valence-corrected chi connectivity index (χ4v) is 3.32. The Hall–Kier alpha value is -1.56. The zero-order valence-corrected chi connectivity index (χ0v) is 14.3. The van der Waals surface area contributed by atoms with Crippen molar-refractivity contribution in [2.75, 3.05) is 26.7 Å². The maximum atomic E-state index is 11.5. The molecule has 0 aromatic carbocycles. The van der Waals surface area contributed by atoms with E-state index in [9.17, 15) is 4.79 Å². The second-order valence-corrected chi connectivity index (χ2v) is 6.59. The van der Waals surface area contributed by atoms with E-state index in [1.54, 1.807) is 18.4 Å². The number of carbonyl (C=O) groups excluding carboxylic acids is 1. The Kier molecular flexibility index (Phi) is 6.71. The number of piperidine rings is 1. The molecule has 0 saturated carbocycles. The van der Waals surface area contributed by atoms with E-state index in [1.807, 2.05) is 0 Å². The van der Waals surface area contributed by atoms with E-state index in [0.29, 0.717) is 12.3 Å². The third-order valence-electron chi connectivity index (χ3n) is 3.97. The number of thiophene rings is 1. The summed E-state index contributed by atoms with van der Waals surface area (Å²) < 4.78 is 0. The number of carbonyl (C=O) groups is 1. The Balaban J connectivity index is 1.87. The van der Waals surface area contributed by atoms with Crippen LogP contribution >= 0.6 is 11.3 Å². The van der Waals surface area contributed by atoms with E-state index in [4.69, 9.17) is 4.99 Å². The van der Waals surface area contributed by atoms with Crippen molar-refractivity contribution in [1.29, 1.82) is 0 Å². The topological polar surface area (TPSA) is 56.7 Å². The maximum absolute atomic E-state index is 11.5. The molecule has 0 spiro atoms. The monoisotopic (exact) mass is 322 g/mol. The highest BCUT2D eigenvalue weighted by Gasteiger charge is 2.22. The first-order chi connectivity index (χ1) is 10.7. The molecule has 0 aliphatic carbocycles. The molecule has 1 fully saturated rings. The van der Waals surface area contributed by atoms with Crippen molar-refractivity contribution in [3.8, 4) is 0 Å². The Morgan fingerprint density at radius 1 is 1.45 bits per heavy atom. The summed E-state index contributed by atoms with van der Waals surface area (Å²) in [5.74, 6) is 1.64. The quantitative estimate of drug-likeness (QED) is 0.644. The van der Waals surface area contributed by atoms with Crippen LogP contribution in [0.1, 0.15) is 31.1 Å². The van der Waals surface area contributed by atoms with Gasteiger partial charge in [-0.3, -0.25) is 4.79 Å². The summed E-state index contributed by atoms with van der Waals surface area (Å²) in [4.78, 5) is 19.8. The van der Waals surface area contributed by atoms with E-state index in [2.05, 4.69) is 40.0 Å². The molecular formula is C16H26N4OS. The van der Waals surface area contributed by atoms with Gasteiger partial charge in [0.05, 0.1) is 6.54 Å². The first-order valence-corrected chi connectivity index (χ1v) is 8.87. The van der Waals surface area contributed by atoms with Crippen molar-refractivity contribution < 1.29 is 4.79 Å². The van der Waals surface area contributed by atoms with Crippen LogP contribution in [0, 0.1) is 5.92 Å². The Bertz CT molecular complexity index is 478. The number of nitrogens with zero attached hydrogens (tertiary/aromatic N) is 2. The first-order valence-electron chi connectivity index (χ1n) is 7.99. The Morgan fingerprint density at radius 2 is 2.23 bits per heavy atom. The second-order valence-electron chi connectivity index (χ2n) is 5.56. The summed E-state index contributed by atoms with van der Waals surface area (Å²) in [6.07, 6.45) is 2.75. The second kappa shape index (κ2) is 8.78. The number of amides is 1. The number of aliphatic imine (C=N–C) groups is 1. The van der Waals surface area contributed by atoms with Gasteiger partial charge in [-0.2, -0.15) is 0 Å². The van der Waals surface area contributed by atoms with Crippen LogP contribution in [0.2, 0.25) is 0 Å². The summed E-state index contributed by atoms with van der Waals surface area (Å²) in [5, 5.41) is 8.18. The normalized spacial score (nSPS) is 16.6. The molecule has 0 atom stereocenters. The van der Waals surface area contributed by atoms with Crippen LogP contribution in [0.15, 0.2) is 22.5 Å². The molecule has 1 aliphatic heterocycles. The van der Waals surface area contributed by atoms with Crippen LogP contribution in [-0.4, -0.2) is 43.4 Å². The molecule has 2 heterocycles. The molecule has 1 aliphatic rings. The van der Waals surface area contributed by atoms with Crippen molar-refractivity contribution >= 4 is 23.2 Å². The third-order valence-corrected chi connectivity index (χ3v) is 4.83. The van der Waals surface area contributed by atoms with Crippen LogP contribution in [0.4, 0.5) is 0 Å². The zero-order chi connectivity index (χ0) is 15.8. The fourth-order valence-electron chi connectivity index (χ4n) is 2.69. The molecular weight excluding hydrogens is 296 g/mol. The van der Waals surface area contributed by atoms with Crippen molar-refractivity contribution in [2.24, 2.45) is 10.9 Å². The molecule has 5 nitrogen and oxygen atoms in total. The molecule has 1 amide bonds. The van der Waals surface area contributed by atoms with Gasteiger partial charge in [-0.15, -0.1) is 11.3 Å². The van der Waals surface area contributed by atoms with Gasteiger partial charge in [0.2, 0.25) is 5.91 Å². The van der Waals surface area contributed by atoms with E-state index < -0.39 is 0 Å². The van der Waals surface area contributed by atoms with Crippen LogP contribution in [0.3, 0.4) is 0 Å². The van der Waals surface area contributed by atoms with E-state index >= 15 is 0 Å². The Labute approximate surface area is 136 Å². The highest BCUT2D eigenvalue weighted by Crippen LogP contribution is 2.20. The molecule has 122 valence electrons. The molecule has 0 bridgehead atoms. The van der Waals surface area contributed by atoms with E-state index in [0.717, 1.165) is 45.0 Å². The Morgan fingerprint density at radius 3 is 2.82 bits per heavy atom. The lowest BCUT2D eigenvalue weighted by molar-refractivity contribution is -0.121. The van der Waals surface area contributed by atoms with E-state index in [-0.39, 0.29) is 5.91 Å². The van der Waals surface area contributed by atoms with Gasteiger partial charge in [-0.1, -0.05) is 6.07 Å². The highest BCUT2D eigenvalue weighted by atomic mass is 32.1. The number of hydrogen-bond acceptors (Lipinski definition) is 3. The molecule has 1 aromatic heterocycles. The van der Waals surface area contributed by atoms with Gasteiger partial charge in [-0.05, 0) is 37.1 Å². The van der Waals surface area contributed by atoms with Crippen molar-refractivity contribution in [3.05, 3.63) is 22.4 Å². The summed E-state index contributed by atoms with van der Waals surface area (Å²) >= 11 is 1.74. The van der Waals surface area contributed by atoms with Crippen LogP contribution in [-0.2, 0) is 11.3 Å². The van der Waals surface area contributed by atoms with Gasteiger partial charge < -0.3 is 15.5 Å². The lowest BCUT2D eigenvalue weighted by Gasteiger charge is -2.34. The molecule has 2 rings (SSSR count). The molecule has 1 aromatic rings. The van der Waals surface area contributed by atoms with Crippen LogP contribution in [0.25, 0.3) is 0 Å². The summed E-state index contributed by atoms with van der Waals surface area (Å²) in [6.45, 7) is 5.65. The van der Waals surface area contributed by atoms with Crippen molar-refractivity contribution in [1.82, 2.24) is 15.5 Å². The lowest BCUT2D eigenvalue weighted by atomic mass is 9.93. The minimum atomic E-state index is 0.150. The van der Waals surface area contributed by atoms with Gasteiger partial charge in [0.1, 0.15) is 0 Å². The third kappa shape index (κ3) is 5.02. The summed E-state index contributed by atoms with van der Waals surface area (Å²) in [5.41, 5.74) is 0. The number of guanidine groups is 1. The smallest absolute Gasteiger partial charge is 0.220 e. The van der Waals surface area contributed by atoms with Crippen LogP contribution < -0.4 is 10.6 Å². The summed E-state index contributed by atoms with van der Waals surface area (Å²) in [6, 6.07) is 4.18. The highest BCUT2D eigenvalue weighted by molar-refractivity contribution is 7.09. The minimum absolute atomic E-state index is 0.150. The summed E-state index contributed by atoms with van der Waals surface area (Å²) in [7, 11) is 1.71. The van der Waals surface area contributed by atoms with Gasteiger partial charge in [0.25, 0.3) is 0 Å². The van der Waals surface area contributed by atoms with Crippen LogP contribution in [0.5, 0.6) is 0 Å². The molecule has 1 saturated heterocycles. The zero-order valence-electron chi connectivity index (χ0n) is 13.5. The predicted molar refractivity (Wildman–Crippen MR) is 92.1 cm³/mol. The molecule has 0 radical (unpaired) electrons. The van der Waals surface area contributed by atoms with Gasteiger partial charge >= 0.3 is 0 Å². The SMILES string of the molecule is CCNC(=NCc1cccs1)N1CCC(CC(=O)NC)CC1.